The van der Waals surface area contributed by atoms with Crippen LogP contribution in [0.1, 0.15) is 19.8 Å². The zero-order chi connectivity index (χ0) is 7.70. The molecule has 0 bridgehead atoms. The fourth-order valence-corrected chi connectivity index (χ4v) is 0.274. The molecule has 0 saturated heterocycles. The molecule has 0 spiro atoms. The van der Waals surface area contributed by atoms with Crippen LogP contribution in [0.2, 0.25) is 0 Å². The van der Waals surface area contributed by atoms with E-state index in [9.17, 15) is 0 Å². The van der Waals surface area contributed by atoms with Gasteiger partial charge in [0.25, 0.3) is 0 Å². The first kappa shape index (κ1) is 11.6. The molecule has 3 N–H and O–H groups in total. The number of hydrogen-bond donors (Lipinski definition) is 3. The molecule has 0 aromatic carbocycles. The summed E-state index contributed by atoms with van der Waals surface area (Å²) < 4.78 is 0. The highest BCUT2D eigenvalue weighted by Crippen LogP contribution is 1.89. The molecule has 3 nitrogen and oxygen atoms in total. The van der Waals surface area contributed by atoms with Crippen LogP contribution in [0.15, 0.2) is 0 Å². The van der Waals surface area contributed by atoms with Gasteiger partial charge < -0.3 is 15.3 Å². The zero-order valence-electron chi connectivity index (χ0n) is 5.75. The summed E-state index contributed by atoms with van der Waals surface area (Å²) in [6.45, 7) is 5.03. The van der Waals surface area contributed by atoms with Gasteiger partial charge in [-0.3, -0.25) is 0 Å². The first-order valence-electron chi connectivity index (χ1n) is 2.95. The van der Waals surface area contributed by atoms with Crippen LogP contribution in [-0.4, -0.2) is 28.2 Å². The smallest absolute Gasteiger partial charge is 0.151 e. The fourth-order valence-electron chi connectivity index (χ4n) is 0.274. The molecule has 9 heavy (non-hydrogen) atoms. The summed E-state index contributed by atoms with van der Waals surface area (Å²) in [4.78, 5) is 0. The molecular weight excluding hydrogens is 120 g/mol. The van der Waals surface area contributed by atoms with E-state index in [-0.39, 0.29) is 13.0 Å². The van der Waals surface area contributed by atoms with Crippen LogP contribution in [0.3, 0.4) is 0 Å². The lowest BCUT2D eigenvalue weighted by atomic mass is 10.3. The Morgan fingerprint density at radius 1 is 1.33 bits per heavy atom. The Morgan fingerprint density at radius 3 is 1.89 bits per heavy atom. The lowest BCUT2D eigenvalue weighted by Crippen LogP contribution is -2.03. The number of rotatable bonds is 3. The Labute approximate surface area is 56.0 Å². The van der Waals surface area contributed by atoms with Crippen molar-refractivity contribution >= 4 is 0 Å². The predicted molar refractivity (Wildman–Crippen MR) is 35.6 cm³/mol. The van der Waals surface area contributed by atoms with E-state index in [0.717, 1.165) is 0 Å². The molecule has 0 saturated carbocycles. The van der Waals surface area contributed by atoms with Crippen LogP contribution in [0.4, 0.5) is 0 Å². The summed E-state index contributed by atoms with van der Waals surface area (Å²) in [7, 11) is 0. The van der Waals surface area contributed by atoms with Crippen LogP contribution < -0.4 is 0 Å². The summed E-state index contributed by atoms with van der Waals surface area (Å²) in [6, 6.07) is 0. The Bertz CT molecular complexity index is 37.3. The molecule has 57 valence electrons. The molecule has 0 heterocycles. The van der Waals surface area contributed by atoms with Gasteiger partial charge in [-0.2, -0.15) is 0 Å². The molecule has 0 atom stereocenters. The van der Waals surface area contributed by atoms with E-state index in [0.29, 0.717) is 6.42 Å². The second-order valence-electron chi connectivity index (χ2n) is 1.35. The average molecular weight is 135 g/mol. The summed E-state index contributed by atoms with van der Waals surface area (Å²) in [5.41, 5.74) is 0. The average Bonchev–Trinajstić information content (AvgIpc) is 1.88. The molecule has 0 aliphatic rings. The molecule has 0 unspecified atom stereocenters. The SMILES string of the molecule is OCCCC(O)O.[CH2]C. The van der Waals surface area contributed by atoms with Crippen molar-refractivity contribution in [1.29, 1.82) is 0 Å². The third-order valence-corrected chi connectivity index (χ3v) is 0.620. The third-order valence-electron chi connectivity index (χ3n) is 0.620. The first-order chi connectivity index (χ1) is 4.27. The normalized spacial score (nSPS) is 8.67. The maximum Gasteiger partial charge on any atom is 0.151 e. The molecular formula is C6H15O3. The van der Waals surface area contributed by atoms with Crippen molar-refractivity contribution in [2.75, 3.05) is 6.61 Å². The van der Waals surface area contributed by atoms with Crippen LogP contribution in [0, 0.1) is 6.92 Å². The lowest BCUT2D eigenvalue weighted by molar-refractivity contribution is -0.0484. The van der Waals surface area contributed by atoms with Crippen molar-refractivity contribution in [3.63, 3.8) is 0 Å². The largest absolute Gasteiger partial charge is 0.396 e. The van der Waals surface area contributed by atoms with Crippen molar-refractivity contribution in [2.24, 2.45) is 0 Å². The van der Waals surface area contributed by atoms with Gasteiger partial charge in [-0.1, -0.05) is 13.8 Å². The number of aliphatic hydroxyl groups excluding tert-OH is 2. The lowest BCUT2D eigenvalue weighted by Gasteiger charge is -1.97. The van der Waals surface area contributed by atoms with E-state index in [4.69, 9.17) is 15.3 Å². The second kappa shape index (κ2) is 10.8. The molecule has 0 aromatic rings. The minimum atomic E-state index is -1.26. The predicted octanol–water partition coefficient (Wildman–Crippen LogP) is -0.0900. The van der Waals surface area contributed by atoms with Crippen molar-refractivity contribution in [3.05, 3.63) is 6.92 Å². The van der Waals surface area contributed by atoms with Crippen LogP contribution in [-0.2, 0) is 0 Å². The molecule has 0 fully saturated rings. The van der Waals surface area contributed by atoms with E-state index < -0.39 is 6.29 Å². The highest BCUT2D eigenvalue weighted by molar-refractivity contribution is 4.36. The van der Waals surface area contributed by atoms with Crippen LogP contribution >= 0.6 is 0 Å². The standard InChI is InChI=1S/C4H10O3.C2H5/c5-3-1-2-4(6)7;1-2/h4-7H,1-3H2;1H2,2H3. The maximum absolute atomic E-state index is 8.13. The van der Waals surface area contributed by atoms with E-state index >= 15 is 0 Å². The summed E-state index contributed by atoms with van der Waals surface area (Å²) in [5, 5.41) is 24.3. The van der Waals surface area contributed by atoms with Crippen molar-refractivity contribution in [1.82, 2.24) is 0 Å². The molecule has 0 rings (SSSR count). The highest BCUT2D eigenvalue weighted by Gasteiger charge is 1.92. The van der Waals surface area contributed by atoms with Crippen molar-refractivity contribution in [3.8, 4) is 0 Å². The Morgan fingerprint density at radius 2 is 1.78 bits per heavy atom. The van der Waals surface area contributed by atoms with Gasteiger partial charge in [-0.15, -0.1) is 0 Å². The summed E-state index contributed by atoms with van der Waals surface area (Å²) >= 11 is 0. The number of aliphatic hydroxyl groups is 3. The van der Waals surface area contributed by atoms with E-state index in [1.54, 1.807) is 6.92 Å². The molecule has 0 aliphatic heterocycles. The Balaban J connectivity index is 0. The minimum Gasteiger partial charge on any atom is -0.396 e. The van der Waals surface area contributed by atoms with Crippen molar-refractivity contribution in [2.45, 2.75) is 26.1 Å². The number of hydrogen-bond acceptors (Lipinski definition) is 3. The van der Waals surface area contributed by atoms with E-state index in [1.807, 2.05) is 0 Å². The Kier molecular flexibility index (Phi) is 14.0. The molecule has 0 aliphatic carbocycles. The van der Waals surface area contributed by atoms with Gasteiger partial charge in [0.2, 0.25) is 0 Å². The van der Waals surface area contributed by atoms with E-state index in [2.05, 4.69) is 6.92 Å². The van der Waals surface area contributed by atoms with Crippen LogP contribution in [0.5, 0.6) is 0 Å². The topological polar surface area (TPSA) is 60.7 Å². The van der Waals surface area contributed by atoms with Gasteiger partial charge >= 0.3 is 0 Å². The quantitative estimate of drug-likeness (QED) is 0.474. The Hall–Kier alpha value is -0.120. The van der Waals surface area contributed by atoms with Gasteiger partial charge in [0, 0.05) is 13.0 Å². The van der Waals surface area contributed by atoms with Crippen LogP contribution in [0.25, 0.3) is 0 Å². The molecule has 0 amide bonds. The maximum atomic E-state index is 8.13. The van der Waals surface area contributed by atoms with Gasteiger partial charge in [-0.25, -0.2) is 0 Å². The highest BCUT2D eigenvalue weighted by atomic mass is 16.5. The van der Waals surface area contributed by atoms with Gasteiger partial charge in [0.1, 0.15) is 0 Å². The molecule has 0 aromatic heterocycles. The monoisotopic (exact) mass is 135 g/mol. The van der Waals surface area contributed by atoms with Crippen molar-refractivity contribution < 1.29 is 15.3 Å². The fraction of sp³-hybridized carbons (Fsp3) is 0.833. The summed E-state index contributed by atoms with van der Waals surface area (Å²) in [6.07, 6.45) is -0.541. The minimum absolute atomic E-state index is 0.0254. The molecule has 3 heteroatoms. The zero-order valence-corrected chi connectivity index (χ0v) is 5.75. The summed E-state index contributed by atoms with van der Waals surface area (Å²) in [5.74, 6) is 0. The second-order valence-corrected chi connectivity index (χ2v) is 1.35. The third kappa shape index (κ3) is 18.1. The van der Waals surface area contributed by atoms with Gasteiger partial charge in [0.05, 0.1) is 0 Å². The van der Waals surface area contributed by atoms with E-state index in [1.165, 1.54) is 0 Å². The van der Waals surface area contributed by atoms with Gasteiger partial charge in [0.15, 0.2) is 6.29 Å². The van der Waals surface area contributed by atoms with Gasteiger partial charge in [-0.05, 0) is 6.42 Å². The molecule has 1 radical (unpaired) electrons. The first-order valence-corrected chi connectivity index (χ1v) is 2.95.